The van der Waals surface area contributed by atoms with E-state index in [2.05, 4.69) is 4.98 Å². The zero-order valence-electron chi connectivity index (χ0n) is 11.4. The molecule has 104 valence electrons. The van der Waals surface area contributed by atoms with E-state index in [-0.39, 0.29) is 11.9 Å². The van der Waals surface area contributed by atoms with E-state index in [1.54, 1.807) is 25.4 Å². The molecule has 0 radical (unpaired) electrons. The van der Waals surface area contributed by atoms with Gasteiger partial charge in [-0.3, -0.25) is 9.78 Å². The summed E-state index contributed by atoms with van der Waals surface area (Å²) in [5, 5.41) is 9.51. The molecule has 2 heterocycles. The second kappa shape index (κ2) is 6.02. The molecule has 0 saturated carbocycles. The van der Waals surface area contributed by atoms with Gasteiger partial charge >= 0.3 is 0 Å². The Bertz CT molecular complexity index is 448. The highest BCUT2D eigenvalue weighted by molar-refractivity contribution is 5.97. The van der Waals surface area contributed by atoms with Crippen molar-refractivity contribution in [1.29, 1.82) is 0 Å². The molecule has 1 N–H and O–H groups in total. The van der Waals surface area contributed by atoms with Crippen molar-refractivity contribution in [2.45, 2.75) is 38.3 Å². The topological polar surface area (TPSA) is 62.7 Å². The number of carbonyl (C=O) groups is 1. The van der Waals surface area contributed by atoms with E-state index in [0.29, 0.717) is 17.7 Å². The number of ether oxygens (including phenoxy) is 1. The highest BCUT2D eigenvalue weighted by Crippen LogP contribution is 2.26. The summed E-state index contributed by atoms with van der Waals surface area (Å²) in [6.45, 7) is 2.50. The normalized spacial score (nSPS) is 20.4. The third kappa shape index (κ3) is 3.04. The number of pyridine rings is 1. The molecule has 1 fully saturated rings. The third-order valence-electron chi connectivity index (χ3n) is 3.49. The number of methoxy groups -OCH3 is 1. The van der Waals surface area contributed by atoms with Crippen molar-refractivity contribution in [3.63, 3.8) is 0 Å². The van der Waals surface area contributed by atoms with Crippen molar-refractivity contribution in [2.24, 2.45) is 0 Å². The number of rotatable bonds is 4. The van der Waals surface area contributed by atoms with Crippen LogP contribution in [0.1, 0.15) is 36.5 Å². The van der Waals surface area contributed by atoms with Gasteiger partial charge in [0.1, 0.15) is 5.75 Å². The van der Waals surface area contributed by atoms with Gasteiger partial charge in [-0.25, -0.2) is 0 Å². The Morgan fingerprint density at radius 1 is 1.68 bits per heavy atom. The quantitative estimate of drug-likeness (QED) is 0.894. The Hall–Kier alpha value is -1.62. The van der Waals surface area contributed by atoms with Crippen LogP contribution >= 0.6 is 0 Å². The summed E-state index contributed by atoms with van der Waals surface area (Å²) in [7, 11) is 1.53. The van der Waals surface area contributed by atoms with E-state index < -0.39 is 6.10 Å². The number of hydrogen-bond acceptors (Lipinski definition) is 4. The van der Waals surface area contributed by atoms with Gasteiger partial charge in [-0.05, 0) is 32.3 Å². The van der Waals surface area contributed by atoms with Crippen LogP contribution in [-0.4, -0.2) is 46.7 Å². The fraction of sp³-hybridized carbons (Fsp3) is 0.571. The molecule has 2 unspecified atom stereocenters. The maximum Gasteiger partial charge on any atom is 0.257 e. The van der Waals surface area contributed by atoms with Crippen LogP contribution in [0.4, 0.5) is 0 Å². The lowest BCUT2D eigenvalue weighted by atomic mass is 10.1. The summed E-state index contributed by atoms with van der Waals surface area (Å²) in [6.07, 6.45) is 5.31. The van der Waals surface area contributed by atoms with E-state index in [0.717, 1.165) is 19.4 Å². The van der Waals surface area contributed by atoms with Crippen LogP contribution in [-0.2, 0) is 0 Å². The first-order valence-corrected chi connectivity index (χ1v) is 6.60. The summed E-state index contributed by atoms with van der Waals surface area (Å²) < 4.78 is 5.18. The van der Waals surface area contributed by atoms with E-state index in [1.165, 1.54) is 7.11 Å². The number of likely N-dealkylation sites (tertiary alicyclic amines) is 1. The maximum atomic E-state index is 12.6. The number of carbonyl (C=O) groups excluding carboxylic acids is 1. The highest BCUT2D eigenvalue weighted by Gasteiger charge is 2.31. The molecule has 19 heavy (non-hydrogen) atoms. The number of nitrogens with zero attached hydrogens (tertiary/aromatic N) is 2. The van der Waals surface area contributed by atoms with Gasteiger partial charge in [-0.2, -0.15) is 0 Å². The molecule has 2 rings (SSSR count). The number of amides is 1. The molecule has 1 aromatic rings. The second-order valence-corrected chi connectivity index (χ2v) is 4.96. The minimum atomic E-state index is -0.391. The minimum Gasteiger partial charge on any atom is -0.494 e. The molecule has 1 saturated heterocycles. The molecule has 0 bridgehead atoms. The average molecular weight is 264 g/mol. The number of aliphatic hydroxyl groups is 1. The predicted octanol–water partition coefficient (Wildman–Crippen LogP) is 1.47. The zero-order chi connectivity index (χ0) is 13.8. The zero-order valence-corrected chi connectivity index (χ0v) is 11.4. The van der Waals surface area contributed by atoms with Crippen LogP contribution in [0.5, 0.6) is 5.75 Å². The smallest absolute Gasteiger partial charge is 0.257 e. The van der Waals surface area contributed by atoms with E-state index in [9.17, 15) is 9.90 Å². The standard InChI is InChI=1S/C14H20N2O3/c1-10(17)8-11-4-3-7-16(11)14(18)12-5-6-15-9-13(12)19-2/h5-6,9-11,17H,3-4,7-8H2,1-2H3. The molecule has 1 aliphatic rings. The number of hydrogen-bond donors (Lipinski definition) is 1. The number of aromatic nitrogens is 1. The molecule has 0 spiro atoms. The summed E-state index contributed by atoms with van der Waals surface area (Å²) in [4.78, 5) is 18.3. The van der Waals surface area contributed by atoms with Crippen molar-refractivity contribution in [1.82, 2.24) is 9.88 Å². The summed E-state index contributed by atoms with van der Waals surface area (Å²) >= 11 is 0. The van der Waals surface area contributed by atoms with Crippen molar-refractivity contribution in [3.8, 4) is 5.75 Å². The lowest BCUT2D eigenvalue weighted by Gasteiger charge is -2.26. The van der Waals surface area contributed by atoms with Crippen molar-refractivity contribution < 1.29 is 14.6 Å². The van der Waals surface area contributed by atoms with Gasteiger partial charge in [0, 0.05) is 18.8 Å². The fourth-order valence-electron chi connectivity index (χ4n) is 2.62. The van der Waals surface area contributed by atoms with Gasteiger partial charge in [0.2, 0.25) is 0 Å². The lowest BCUT2D eigenvalue weighted by Crippen LogP contribution is -2.37. The molecule has 5 nitrogen and oxygen atoms in total. The molecule has 2 atom stereocenters. The molecular formula is C14H20N2O3. The highest BCUT2D eigenvalue weighted by atomic mass is 16.5. The van der Waals surface area contributed by atoms with Gasteiger partial charge < -0.3 is 14.7 Å². The van der Waals surface area contributed by atoms with Crippen LogP contribution in [0.25, 0.3) is 0 Å². The Morgan fingerprint density at radius 3 is 3.16 bits per heavy atom. The molecule has 1 amide bonds. The minimum absolute atomic E-state index is 0.0394. The van der Waals surface area contributed by atoms with Crippen LogP contribution in [0.15, 0.2) is 18.5 Å². The van der Waals surface area contributed by atoms with Crippen molar-refractivity contribution >= 4 is 5.91 Å². The van der Waals surface area contributed by atoms with Gasteiger partial charge in [-0.1, -0.05) is 0 Å². The lowest BCUT2D eigenvalue weighted by molar-refractivity contribution is 0.0678. The third-order valence-corrected chi connectivity index (χ3v) is 3.49. The molecular weight excluding hydrogens is 244 g/mol. The van der Waals surface area contributed by atoms with Gasteiger partial charge in [-0.15, -0.1) is 0 Å². The van der Waals surface area contributed by atoms with Crippen LogP contribution in [0, 0.1) is 0 Å². The first-order chi connectivity index (χ1) is 9.13. The molecule has 0 aromatic carbocycles. The largest absolute Gasteiger partial charge is 0.494 e. The van der Waals surface area contributed by atoms with E-state index in [1.807, 2.05) is 4.90 Å². The Balaban J connectivity index is 2.18. The molecule has 1 aromatic heterocycles. The molecule has 1 aliphatic heterocycles. The number of aliphatic hydroxyl groups excluding tert-OH is 1. The Kier molecular flexibility index (Phi) is 4.37. The second-order valence-electron chi connectivity index (χ2n) is 4.96. The predicted molar refractivity (Wildman–Crippen MR) is 71.1 cm³/mol. The van der Waals surface area contributed by atoms with Crippen LogP contribution in [0.3, 0.4) is 0 Å². The van der Waals surface area contributed by atoms with Gasteiger partial charge in [0.25, 0.3) is 5.91 Å². The van der Waals surface area contributed by atoms with Crippen molar-refractivity contribution in [2.75, 3.05) is 13.7 Å². The van der Waals surface area contributed by atoms with Gasteiger partial charge in [0.05, 0.1) is 25.0 Å². The van der Waals surface area contributed by atoms with E-state index in [4.69, 9.17) is 4.74 Å². The van der Waals surface area contributed by atoms with Crippen LogP contribution in [0.2, 0.25) is 0 Å². The van der Waals surface area contributed by atoms with E-state index >= 15 is 0 Å². The van der Waals surface area contributed by atoms with Crippen molar-refractivity contribution in [3.05, 3.63) is 24.0 Å². The first kappa shape index (κ1) is 13.8. The summed E-state index contributed by atoms with van der Waals surface area (Å²) in [5.41, 5.74) is 0.537. The molecule has 5 heteroatoms. The SMILES string of the molecule is COc1cnccc1C(=O)N1CCCC1CC(C)O. The van der Waals surface area contributed by atoms with Gasteiger partial charge in [0.15, 0.2) is 0 Å². The Labute approximate surface area is 113 Å². The Morgan fingerprint density at radius 2 is 2.47 bits per heavy atom. The average Bonchev–Trinajstić information content (AvgIpc) is 2.85. The molecule has 0 aliphatic carbocycles. The summed E-state index contributed by atoms with van der Waals surface area (Å²) in [5.74, 6) is 0.456. The van der Waals surface area contributed by atoms with Crippen LogP contribution < -0.4 is 4.74 Å². The fourth-order valence-corrected chi connectivity index (χ4v) is 2.62. The first-order valence-electron chi connectivity index (χ1n) is 6.60. The monoisotopic (exact) mass is 264 g/mol. The summed E-state index contributed by atoms with van der Waals surface area (Å²) in [6, 6.07) is 1.80. The maximum absolute atomic E-state index is 12.6.